The van der Waals surface area contributed by atoms with Gasteiger partial charge in [-0.1, -0.05) is 0 Å². The lowest BCUT2D eigenvalue weighted by Crippen LogP contribution is -2.43. The van der Waals surface area contributed by atoms with Crippen LogP contribution in [0.25, 0.3) is 11.2 Å². The summed E-state index contributed by atoms with van der Waals surface area (Å²) in [5.74, 6) is 0.252. The summed E-state index contributed by atoms with van der Waals surface area (Å²) in [6.45, 7) is 5.43. The molecule has 5 atom stereocenters. The lowest BCUT2D eigenvalue weighted by molar-refractivity contribution is -0.0901. The Kier molecular flexibility index (Phi) is 5.18. The van der Waals surface area contributed by atoms with Crippen molar-refractivity contribution < 1.29 is 28.2 Å². The summed E-state index contributed by atoms with van der Waals surface area (Å²) in [7, 11) is -1.48. The first-order chi connectivity index (χ1) is 12.3. The third-order valence-electron chi connectivity index (χ3n) is 4.18. The van der Waals surface area contributed by atoms with Crippen LogP contribution in [0.15, 0.2) is 6.33 Å². The fourth-order valence-electron chi connectivity index (χ4n) is 3.06. The van der Waals surface area contributed by atoms with Gasteiger partial charge < -0.3 is 29.4 Å². The molecule has 0 saturated carbocycles. The van der Waals surface area contributed by atoms with Gasteiger partial charge in [-0.2, -0.15) is 9.97 Å². The minimum atomic E-state index is -2.75. The van der Waals surface area contributed by atoms with E-state index in [1.807, 2.05) is 6.92 Å². The second kappa shape index (κ2) is 7.09. The number of ether oxygens (including phenoxy) is 2. The Morgan fingerprint density at radius 2 is 2.23 bits per heavy atom. The van der Waals surface area contributed by atoms with Crippen LogP contribution in [-0.4, -0.2) is 56.2 Å². The summed E-state index contributed by atoms with van der Waals surface area (Å²) in [4.78, 5) is 12.5. The summed E-state index contributed by atoms with van der Waals surface area (Å²) in [6, 6.07) is 0. The minimum absolute atomic E-state index is 0.00521. The lowest BCUT2D eigenvalue weighted by Gasteiger charge is -2.29. The van der Waals surface area contributed by atoms with E-state index in [9.17, 15) is 9.67 Å². The van der Waals surface area contributed by atoms with E-state index in [-0.39, 0.29) is 11.8 Å². The van der Waals surface area contributed by atoms with Crippen LogP contribution in [-0.2, 0) is 18.3 Å². The Labute approximate surface area is 150 Å². The number of aliphatic hydroxyl groups is 1. The molecule has 1 aliphatic rings. The molecule has 1 fully saturated rings. The number of nitrogen functional groups attached to an aromatic ring is 1. The molecule has 26 heavy (non-hydrogen) atoms. The third kappa shape index (κ3) is 3.17. The van der Waals surface area contributed by atoms with Crippen LogP contribution in [0.5, 0.6) is 5.88 Å². The molecule has 3 heterocycles. The molecule has 0 bridgehead atoms. The van der Waals surface area contributed by atoms with Crippen LogP contribution in [0.2, 0.25) is 0 Å². The van der Waals surface area contributed by atoms with Crippen molar-refractivity contribution in [1.29, 1.82) is 0 Å². The second-order valence-corrected chi connectivity index (χ2v) is 7.20. The molecular formula is C14H22N5O6P. The quantitative estimate of drug-likeness (QED) is 0.686. The van der Waals surface area contributed by atoms with Gasteiger partial charge in [0.05, 0.1) is 19.0 Å². The molecule has 1 saturated heterocycles. The number of imidazole rings is 1. The highest BCUT2D eigenvalue weighted by Gasteiger charge is 2.54. The topological polar surface area (TPSA) is 144 Å². The number of rotatable bonds is 6. The van der Waals surface area contributed by atoms with E-state index in [0.29, 0.717) is 17.8 Å². The second-order valence-electron chi connectivity index (χ2n) is 6.06. The van der Waals surface area contributed by atoms with Crippen molar-refractivity contribution >= 4 is 25.4 Å². The van der Waals surface area contributed by atoms with Crippen LogP contribution >= 0.6 is 8.25 Å². The molecular weight excluding hydrogens is 365 g/mol. The Morgan fingerprint density at radius 1 is 1.50 bits per heavy atom. The highest BCUT2D eigenvalue weighted by atomic mass is 31.1. The van der Waals surface area contributed by atoms with E-state index < -0.39 is 32.3 Å². The van der Waals surface area contributed by atoms with Crippen LogP contribution in [0.3, 0.4) is 0 Å². The number of aromatic nitrogens is 4. The van der Waals surface area contributed by atoms with Crippen LogP contribution in [0.1, 0.15) is 27.0 Å². The normalized spacial score (nSPS) is 30.0. The molecule has 0 aromatic carbocycles. The molecule has 0 radical (unpaired) electrons. The third-order valence-corrected chi connectivity index (χ3v) is 4.96. The van der Waals surface area contributed by atoms with Crippen molar-refractivity contribution in [2.45, 2.75) is 44.8 Å². The summed E-state index contributed by atoms with van der Waals surface area (Å²) >= 11 is 0. The maximum absolute atomic E-state index is 11.7. The van der Waals surface area contributed by atoms with E-state index in [1.165, 1.54) is 24.9 Å². The Hall–Kier alpha value is -1.78. The van der Waals surface area contributed by atoms with Crippen molar-refractivity contribution in [2.75, 3.05) is 19.5 Å². The molecule has 1 unspecified atom stereocenters. The lowest BCUT2D eigenvalue weighted by atomic mass is 9.97. The Morgan fingerprint density at radius 3 is 2.88 bits per heavy atom. The molecule has 0 amide bonds. The summed E-state index contributed by atoms with van der Waals surface area (Å²) < 4.78 is 34.5. The van der Waals surface area contributed by atoms with Crippen molar-refractivity contribution in [3.63, 3.8) is 0 Å². The van der Waals surface area contributed by atoms with Crippen LogP contribution in [0, 0.1) is 0 Å². The van der Waals surface area contributed by atoms with Gasteiger partial charge in [0.1, 0.15) is 11.7 Å². The van der Waals surface area contributed by atoms with Gasteiger partial charge >= 0.3 is 8.25 Å². The van der Waals surface area contributed by atoms with Crippen molar-refractivity contribution in [3.05, 3.63) is 6.33 Å². The van der Waals surface area contributed by atoms with Crippen LogP contribution in [0.4, 0.5) is 5.95 Å². The predicted molar refractivity (Wildman–Crippen MR) is 92.0 cm³/mol. The van der Waals surface area contributed by atoms with E-state index in [4.69, 9.17) is 24.3 Å². The van der Waals surface area contributed by atoms with Gasteiger partial charge in [-0.25, -0.2) is 4.98 Å². The first-order valence-electron chi connectivity index (χ1n) is 8.04. The molecule has 144 valence electrons. The van der Waals surface area contributed by atoms with Gasteiger partial charge in [0, 0.05) is 7.11 Å². The fourth-order valence-corrected chi connectivity index (χ4v) is 3.79. The van der Waals surface area contributed by atoms with E-state index >= 15 is 0 Å². The maximum atomic E-state index is 11.7. The molecule has 3 N–H and O–H groups in total. The van der Waals surface area contributed by atoms with Crippen molar-refractivity contribution in [3.8, 4) is 5.88 Å². The van der Waals surface area contributed by atoms with Gasteiger partial charge in [0.25, 0.3) is 0 Å². The summed E-state index contributed by atoms with van der Waals surface area (Å²) in [5, 5.41) is 11.0. The Bertz CT molecular complexity index is 828. The zero-order valence-corrected chi connectivity index (χ0v) is 15.9. The monoisotopic (exact) mass is 387 g/mol. The van der Waals surface area contributed by atoms with Crippen molar-refractivity contribution in [2.24, 2.45) is 0 Å². The SMILES string of the molecule is CCOc1nc(N)nc2c1ncn2[C@@H]1O[C@H](C)[C@@H](O[PH](=O)OC)[C@@]1(C)O. The number of nitrogens with two attached hydrogens (primary N) is 1. The fraction of sp³-hybridized carbons (Fsp3) is 0.643. The molecule has 11 nitrogen and oxygen atoms in total. The Balaban J connectivity index is 2.02. The van der Waals surface area contributed by atoms with Gasteiger partial charge in [0.2, 0.25) is 11.8 Å². The molecule has 0 spiro atoms. The highest BCUT2D eigenvalue weighted by molar-refractivity contribution is 7.33. The standard InChI is InChI=1S/C14H22N5O6P/c1-5-23-11-8-10(17-13(15)18-11)19(6-16-8)12-14(3,20)9(7(2)24-12)25-26(21)22-4/h6-7,9,12,20,26H,5H2,1-4H3,(H2,15,17,18)/t7-,9-,12-,14-/m1/s1. The van der Waals surface area contributed by atoms with Gasteiger partial charge in [-0.3, -0.25) is 9.13 Å². The molecule has 3 rings (SSSR count). The smallest absolute Gasteiger partial charge is 0.319 e. The van der Waals surface area contributed by atoms with E-state index in [1.54, 1.807) is 6.92 Å². The maximum Gasteiger partial charge on any atom is 0.319 e. The van der Waals surface area contributed by atoms with Gasteiger partial charge in [0.15, 0.2) is 17.4 Å². The number of nitrogens with zero attached hydrogens (tertiary/aromatic N) is 4. The highest BCUT2D eigenvalue weighted by Crippen LogP contribution is 2.44. The summed E-state index contributed by atoms with van der Waals surface area (Å²) in [5.41, 5.74) is 4.97. The minimum Gasteiger partial charge on any atom is -0.476 e. The van der Waals surface area contributed by atoms with Gasteiger partial charge in [-0.15, -0.1) is 0 Å². The average molecular weight is 387 g/mol. The number of anilines is 1. The van der Waals surface area contributed by atoms with Crippen LogP contribution < -0.4 is 10.5 Å². The number of fused-ring (bicyclic) bond motifs is 1. The van der Waals surface area contributed by atoms with Crippen molar-refractivity contribution in [1.82, 2.24) is 19.5 Å². The predicted octanol–water partition coefficient (Wildman–Crippen LogP) is 0.897. The molecule has 1 aliphatic heterocycles. The zero-order chi connectivity index (χ0) is 19.1. The first-order valence-corrected chi connectivity index (χ1v) is 9.27. The zero-order valence-electron chi connectivity index (χ0n) is 14.9. The number of hydrogen-bond acceptors (Lipinski definition) is 10. The number of hydrogen-bond donors (Lipinski definition) is 2. The molecule has 12 heteroatoms. The first kappa shape index (κ1) is 19.0. The summed E-state index contributed by atoms with van der Waals surface area (Å²) in [6.07, 6.45) is -0.874. The molecule has 0 aliphatic carbocycles. The molecule has 2 aromatic rings. The van der Waals surface area contributed by atoms with Gasteiger partial charge in [-0.05, 0) is 20.8 Å². The average Bonchev–Trinajstić information content (AvgIpc) is 3.08. The molecule has 2 aromatic heterocycles. The van der Waals surface area contributed by atoms with E-state index in [0.717, 1.165) is 0 Å². The van der Waals surface area contributed by atoms with E-state index in [2.05, 4.69) is 15.0 Å². The largest absolute Gasteiger partial charge is 0.476 e.